The van der Waals surface area contributed by atoms with Crippen LogP contribution in [0.4, 0.5) is 0 Å². The van der Waals surface area contributed by atoms with Gasteiger partial charge in [-0.1, -0.05) is 12.7 Å². The molecule has 0 aliphatic rings. The van der Waals surface area contributed by atoms with Gasteiger partial charge in [-0.05, 0) is 12.5 Å². The second kappa shape index (κ2) is 3.20. The van der Waals surface area contributed by atoms with Crippen LogP contribution >= 0.6 is 0 Å². The lowest BCUT2D eigenvalue weighted by atomic mass is 10.1. The van der Waals surface area contributed by atoms with Gasteiger partial charge < -0.3 is 5.11 Å². The van der Waals surface area contributed by atoms with E-state index in [1.54, 1.807) is 6.92 Å². The average molecular weight is 126 g/mol. The molecule has 50 valence electrons. The summed E-state index contributed by atoms with van der Waals surface area (Å²) in [5.41, 5.74) is 0.349. The standard InChI is InChI=1S/C7H10O2/c1-4-6(8)7(9)5(2)3/h4,6,8H,1-2H2,3H3. The van der Waals surface area contributed by atoms with Crippen molar-refractivity contribution in [3.63, 3.8) is 0 Å². The smallest absolute Gasteiger partial charge is 0.190 e. The van der Waals surface area contributed by atoms with Crippen molar-refractivity contribution in [3.05, 3.63) is 24.8 Å². The van der Waals surface area contributed by atoms with Crippen LogP contribution < -0.4 is 0 Å². The largest absolute Gasteiger partial charge is 0.381 e. The molecule has 0 bridgehead atoms. The van der Waals surface area contributed by atoms with E-state index in [1.165, 1.54) is 6.08 Å². The maximum Gasteiger partial charge on any atom is 0.190 e. The number of rotatable bonds is 3. The maximum absolute atomic E-state index is 10.7. The highest BCUT2D eigenvalue weighted by atomic mass is 16.3. The van der Waals surface area contributed by atoms with Crippen LogP contribution in [-0.2, 0) is 4.79 Å². The topological polar surface area (TPSA) is 37.3 Å². The molecular weight excluding hydrogens is 116 g/mol. The first-order valence-electron chi connectivity index (χ1n) is 2.60. The van der Waals surface area contributed by atoms with Gasteiger partial charge >= 0.3 is 0 Å². The predicted molar refractivity (Wildman–Crippen MR) is 36.0 cm³/mol. The van der Waals surface area contributed by atoms with Crippen molar-refractivity contribution < 1.29 is 9.90 Å². The Morgan fingerprint density at radius 1 is 1.78 bits per heavy atom. The minimum absolute atomic E-state index is 0.349. The number of aliphatic hydroxyl groups excluding tert-OH is 1. The summed E-state index contributed by atoms with van der Waals surface area (Å²) in [4.78, 5) is 10.7. The summed E-state index contributed by atoms with van der Waals surface area (Å²) >= 11 is 0. The summed E-state index contributed by atoms with van der Waals surface area (Å²) < 4.78 is 0. The normalized spacial score (nSPS) is 12.2. The van der Waals surface area contributed by atoms with Crippen LogP contribution in [0, 0.1) is 0 Å². The van der Waals surface area contributed by atoms with Crippen LogP contribution in [0.15, 0.2) is 24.8 Å². The van der Waals surface area contributed by atoms with Gasteiger partial charge in [-0.2, -0.15) is 0 Å². The molecular formula is C7H10O2. The highest BCUT2D eigenvalue weighted by molar-refractivity contribution is 5.98. The molecule has 0 saturated heterocycles. The maximum atomic E-state index is 10.7. The Morgan fingerprint density at radius 3 is 2.33 bits per heavy atom. The first-order valence-corrected chi connectivity index (χ1v) is 2.60. The monoisotopic (exact) mass is 126 g/mol. The SMILES string of the molecule is C=CC(O)C(=O)C(=C)C. The van der Waals surface area contributed by atoms with Crippen molar-refractivity contribution in [2.24, 2.45) is 0 Å². The molecule has 0 radical (unpaired) electrons. The molecule has 1 N–H and O–H groups in total. The Morgan fingerprint density at radius 2 is 2.22 bits per heavy atom. The molecule has 2 heteroatoms. The minimum Gasteiger partial charge on any atom is -0.381 e. The third-order valence-corrected chi connectivity index (χ3v) is 0.913. The summed E-state index contributed by atoms with van der Waals surface area (Å²) in [6.07, 6.45) is 0.0966. The number of hydrogen-bond acceptors (Lipinski definition) is 2. The predicted octanol–water partition coefficient (Wildman–Crippen LogP) is 0.679. The van der Waals surface area contributed by atoms with Gasteiger partial charge in [0, 0.05) is 0 Å². The number of hydrogen-bond donors (Lipinski definition) is 1. The molecule has 2 nitrogen and oxygen atoms in total. The van der Waals surface area contributed by atoms with E-state index in [9.17, 15) is 4.79 Å². The van der Waals surface area contributed by atoms with Crippen molar-refractivity contribution >= 4 is 5.78 Å². The Hall–Kier alpha value is -0.890. The third-order valence-electron chi connectivity index (χ3n) is 0.913. The van der Waals surface area contributed by atoms with Crippen molar-refractivity contribution in [2.75, 3.05) is 0 Å². The van der Waals surface area contributed by atoms with Crippen molar-refractivity contribution in [1.82, 2.24) is 0 Å². The zero-order valence-electron chi connectivity index (χ0n) is 5.42. The summed E-state index contributed by atoms with van der Waals surface area (Å²) in [6, 6.07) is 0. The van der Waals surface area contributed by atoms with Crippen molar-refractivity contribution in [1.29, 1.82) is 0 Å². The molecule has 1 unspecified atom stereocenters. The fraction of sp³-hybridized carbons (Fsp3) is 0.286. The summed E-state index contributed by atoms with van der Waals surface area (Å²) in [5, 5.41) is 8.77. The molecule has 0 aromatic carbocycles. The van der Waals surface area contributed by atoms with E-state index in [1.807, 2.05) is 0 Å². The fourth-order valence-electron chi connectivity index (χ4n) is 0.359. The van der Waals surface area contributed by atoms with E-state index in [-0.39, 0.29) is 5.78 Å². The van der Waals surface area contributed by atoms with E-state index in [0.717, 1.165) is 0 Å². The van der Waals surface area contributed by atoms with E-state index >= 15 is 0 Å². The molecule has 1 atom stereocenters. The molecule has 9 heavy (non-hydrogen) atoms. The lowest BCUT2D eigenvalue weighted by Crippen LogP contribution is -2.17. The third kappa shape index (κ3) is 2.24. The molecule has 0 amide bonds. The highest BCUT2D eigenvalue weighted by Crippen LogP contribution is 1.95. The molecule has 0 aliphatic carbocycles. The minimum atomic E-state index is -1.08. The molecule has 0 fully saturated rings. The van der Waals surface area contributed by atoms with Gasteiger partial charge in [0.15, 0.2) is 5.78 Å². The second-order valence-corrected chi connectivity index (χ2v) is 1.83. The van der Waals surface area contributed by atoms with Gasteiger partial charge in [0.2, 0.25) is 0 Å². The van der Waals surface area contributed by atoms with Gasteiger partial charge in [0.25, 0.3) is 0 Å². The van der Waals surface area contributed by atoms with Crippen LogP contribution in [0.3, 0.4) is 0 Å². The Bertz CT molecular complexity index is 147. The number of carbonyl (C=O) groups excluding carboxylic acids is 1. The van der Waals surface area contributed by atoms with Crippen LogP contribution in [-0.4, -0.2) is 17.0 Å². The lowest BCUT2D eigenvalue weighted by molar-refractivity contribution is -0.121. The number of Topliss-reactive ketones (excluding diaryl/α,β-unsaturated/α-hetero) is 1. The molecule has 0 aliphatic heterocycles. The van der Waals surface area contributed by atoms with E-state index in [4.69, 9.17) is 5.11 Å². The second-order valence-electron chi connectivity index (χ2n) is 1.83. The molecule has 0 rings (SSSR count). The van der Waals surface area contributed by atoms with E-state index < -0.39 is 6.10 Å². The first kappa shape index (κ1) is 8.11. The van der Waals surface area contributed by atoms with Gasteiger partial charge in [-0.25, -0.2) is 0 Å². The number of ketones is 1. The van der Waals surface area contributed by atoms with Crippen LogP contribution in [0.1, 0.15) is 6.92 Å². The molecule has 0 spiro atoms. The molecule has 0 heterocycles. The summed E-state index contributed by atoms with van der Waals surface area (Å²) in [7, 11) is 0. The average Bonchev–Trinajstić information content (AvgIpc) is 1.84. The summed E-state index contributed by atoms with van der Waals surface area (Å²) in [5.74, 6) is -0.370. The van der Waals surface area contributed by atoms with Gasteiger partial charge in [0.05, 0.1) is 0 Å². The van der Waals surface area contributed by atoms with Crippen LogP contribution in [0.25, 0.3) is 0 Å². The zero-order chi connectivity index (χ0) is 7.44. The Kier molecular flexibility index (Phi) is 2.88. The quantitative estimate of drug-likeness (QED) is 0.446. The molecule has 0 aromatic heterocycles. The van der Waals surface area contributed by atoms with Gasteiger partial charge in [0.1, 0.15) is 6.10 Å². The van der Waals surface area contributed by atoms with Crippen LogP contribution in [0.2, 0.25) is 0 Å². The Balaban J connectivity index is 4.03. The van der Waals surface area contributed by atoms with Crippen LogP contribution in [0.5, 0.6) is 0 Å². The number of carbonyl (C=O) groups is 1. The van der Waals surface area contributed by atoms with Gasteiger partial charge in [-0.3, -0.25) is 4.79 Å². The van der Waals surface area contributed by atoms with E-state index in [2.05, 4.69) is 13.2 Å². The van der Waals surface area contributed by atoms with Crippen molar-refractivity contribution in [3.8, 4) is 0 Å². The fourth-order valence-corrected chi connectivity index (χ4v) is 0.359. The summed E-state index contributed by atoms with van der Waals surface area (Å²) in [6.45, 7) is 8.17. The highest BCUT2D eigenvalue weighted by Gasteiger charge is 2.09. The molecule has 0 aromatic rings. The first-order chi connectivity index (χ1) is 4.09. The van der Waals surface area contributed by atoms with Crippen molar-refractivity contribution in [2.45, 2.75) is 13.0 Å². The molecule has 0 saturated carbocycles. The van der Waals surface area contributed by atoms with Gasteiger partial charge in [-0.15, -0.1) is 6.58 Å². The Labute approximate surface area is 54.5 Å². The number of aliphatic hydroxyl groups is 1. The lowest BCUT2D eigenvalue weighted by Gasteiger charge is -2.00. The zero-order valence-corrected chi connectivity index (χ0v) is 5.42. The van der Waals surface area contributed by atoms with E-state index in [0.29, 0.717) is 5.57 Å².